The van der Waals surface area contributed by atoms with E-state index in [-0.39, 0.29) is 0 Å². The lowest BCUT2D eigenvalue weighted by Crippen LogP contribution is -2.11. The molecular formula is C43H31N. The van der Waals surface area contributed by atoms with Crippen LogP contribution >= 0.6 is 0 Å². The fourth-order valence-electron chi connectivity index (χ4n) is 6.56. The maximum Gasteiger partial charge on any atom is 0.0496 e. The molecule has 208 valence electrons. The smallest absolute Gasteiger partial charge is 0.0496 e. The normalized spacial score (nSPS) is 11.3. The highest BCUT2D eigenvalue weighted by molar-refractivity contribution is 6.26. The van der Waals surface area contributed by atoms with Crippen LogP contribution in [0.2, 0.25) is 0 Å². The van der Waals surface area contributed by atoms with E-state index < -0.39 is 0 Å². The Morgan fingerprint density at radius 3 is 1.43 bits per heavy atom. The zero-order valence-electron chi connectivity index (χ0n) is 24.6. The quantitative estimate of drug-likeness (QED) is 0.189. The summed E-state index contributed by atoms with van der Waals surface area (Å²) in [6.07, 6.45) is 0. The predicted octanol–water partition coefficient (Wildman–Crippen LogP) is 12.3. The van der Waals surface area contributed by atoms with Gasteiger partial charge in [-0.25, -0.2) is 0 Å². The van der Waals surface area contributed by atoms with Crippen molar-refractivity contribution in [3.8, 4) is 22.3 Å². The molecule has 8 aromatic carbocycles. The summed E-state index contributed by atoms with van der Waals surface area (Å²) in [6.45, 7) is 2.20. The molecule has 1 nitrogen and oxygen atoms in total. The predicted molar refractivity (Wildman–Crippen MR) is 189 cm³/mol. The lowest BCUT2D eigenvalue weighted by Gasteiger charge is -2.28. The van der Waals surface area contributed by atoms with Crippen molar-refractivity contribution in [3.63, 3.8) is 0 Å². The Balaban J connectivity index is 1.36. The van der Waals surface area contributed by atoms with Gasteiger partial charge in [0.2, 0.25) is 0 Å². The fourth-order valence-corrected chi connectivity index (χ4v) is 6.56. The number of hydrogen-bond acceptors (Lipinski definition) is 1. The van der Waals surface area contributed by atoms with Gasteiger partial charge in [-0.05, 0) is 103 Å². The van der Waals surface area contributed by atoms with Gasteiger partial charge in [-0.3, -0.25) is 0 Å². The minimum absolute atomic E-state index is 1.14. The van der Waals surface area contributed by atoms with Gasteiger partial charge in [0.15, 0.2) is 0 Å². The number of hydrogen-bond donors (Lipinski definition) is 0. The van der Waals surface area contributed by atoms with Crippen LogP contribution < -0.4 is 4.90 Å². The zero-order valence-corrected chi connectivity index (χ0v) is 24.6. The van der Waals surface area contributed by atoms with E-state index >= 15 is 0 Å². The van der Waals surface area contributed by atoms with Crippen LogP contribution in [-0.2, 0) is 0 Å². The molecule has 0 atom stereocenters. The van der Waals surface area contributed by atoms with Crippen molar-refractivity contribution in [3.05, 3.63) is 175 Å². The van der Waals surface area contributed by atoms with E-state index in [1.54, 1.807) is 0 Å². The van der Waals surface area contributed by atoms with Crippen LogP contribution in [0.5, 0.6) is 0 Å². The number of nitrogens with zero attached hydrogens (tertiary/aromatic N) is 1. The maximum absolute atomic E-state index is 2.40. The average Bonchev–Trinajstić information content (AvgIpc) is 3.10. The third kappa shape index (κ3) is 4.51. The van der Waals surface area contributed by atoms with Crippen LogP contribution in [0, 0.1) is 6.92 Å². The van der Waals surface area contributed by atoms with Gasteiger partial charge in [-0.15, -0.1) is 0 Å². The van der Waals surface area contributed by atoms with E-state index in [9.17, 15) is 0 Å². The number of anilines is 3. The van der Waals surface area contributed by atoms with E-state index in [4.69, 9.17) is 0 Å². The van der Waals surface area contributed by atoms with Crippen LogP contribution in [0.15, 0.2) is 170 Å². The first kappa shape index (κ1) is 26.0. The van der Waals surface area contributed by atoms with Crippen LogP contribution in [-0.4, -0.2) is 0 Å². The van der Waals surface area contributed by atoms with Gasteiger partial charge in [-0.2, -0.15) is 0 Å². The molecule has 0 aromatic heterocycles. The third-order valence-electron chi connectivity index (χ3n) is 8.76. The number of aryl methyl sites for hydroxylation is 1. The largest absolute Gasteiger partial charge is 0.310 e. The SMILES string of the molecule is Cc1ccc(-c2ccccc2)cc1N(c1ccccc1)c1ccc2c3ccc(-c4ccccc4)cc3c3ccccc3c2c1. The zero-order chi connectivity index (χ0) is 29.5. The number of rotatable bonds is 5. The van der Waals surface area contributed by atoms with Crippen molar-refractivity contribution in [1.82, 2.24) is 0 Å². The molecule has 8 aromatic rings. The highest BCUT2D eigenvalue weighted by Gasteiger charge is 2.18. The van der Waals surface area contributed by atoms with Crippen LogP contribution in [0.3, 0.4) is 0 Å². The Hall–Kier alpha value is -5.66. The first-order valence-electron chi connectivity index (χ1n) is 15.2. The molecule has 0 heterocycles. The molecule has 0 unspecified atom stereocenters. The second-order valence-corrected chi connectivity index (χ2v) is 11.4. The number of benzene rings is 8. The van der Waals surface area contributed by atoms with E-state index in [1.807, 2.05) is 0 Å². The molecule has 8 rings (SSSR count). The standard InChI is InChI=1S/C43H31N/c1-30-21-22-34(32-15-7-3-8-16-32)28-43(30)44(35-17-9-4-10-18-35)36-24-26-40-39-25-23-33(31-13-5-2-6-14-31)27-41(39)37-19-11-12-20-38(37)42(40)29-36/h2-29H,1H3. The van der Waals surface area contributed by atoms with E-state index in [0.29, 0.717) is 0 Å². The number of para-hydroxylation sites is 1. The molecular weight excluding hydrogens is 530 g/mol. The molecule has 0 aliphatic heterocycles. The fraction of sp³-hybridized carbons (Fsp3) is 0.0233. The molecule has 0 aliphatic carbocycles. The maximum atomic E-state index is 2.40. The Morgan fingerprint density at radius 2 is 0.795 bits per heavy atom. The minimum Gasteiger partial charge on any atom is -0.310 e. The minimum atomic E-state index is 1.14. The van der Waals surface area contributed by atoms with Gasteiger partial charge in [0.25, 0.3) is 0 Å². The molecule has 0 N–H and O–H groups in total. The van der Waals surface area contributed by atoms with Crippen LogP contribution in [0.1, 0.15) is 5.56 Å². The van der Waals surface area contributed by atoms with E-state index in [0.717, 1.165) is 11.4 Å². The van der Waals surface area contributed by atoms with Gasteiger partial charge in [-0.1, -0.05) is 133 Å². The highest BCUT2D eigenvalue weighted by Crippen LogP contribution is 2.43. The van der Waals surface area contributed by atoms with Gasteiger partial charge < -0.3 is 4.90 Å². The van der Waals surface area contributed by atoms with Crippen molar-refractivity contribution in [2.45, 2.75) is 6.92 Å². The topological polar surface area (TPSA) is 3.24 Å². The van der Waals surface area contributed by atoms with Gasteiger partial charge in [0.1, 0.15) is 0 Å². The molecule has 0 aliphatic rings. The summed E-state index contributed by atoms with van der Waals surface area (Å²) in [5.41, 5.74) is 9.58. The van der Waals surface area contributed by atoms with Crippen LogP contribution in [0.4, 0.5) is 17.1 Å². The highest BCUT2D eigenvalue weighted by atomic mass is 15.1. The molecule has 0 amide bonds. The van der Waals surface area contributed by atoms with Crippen molar-refractivity contribution >= 4 is 49.4 Å². The van der Waals surface area contributed by atoms with Gasteiger partial charge in [0.05, 0.1) is 0 Å². The first-order valence-corrected chi connectivity index (χ1v) is 15.2. The summed E-state index contributed by atoms with van der Waals surface area (Å²) in [4.78, 5) is 2.40. The third-order valence-corrected chi connectivity index (χ3v) is 8.76. The second-order valence-electron chi connectivity index (χ2n) is 11.4. The van der Waals surface area contributed by atoms with E-state index in [2.05, 4.69) is 182 Å². The molecule has 1 heteroatoms. The Kier molecular flexibility index (Phi) is 6.43. The Morgan fingerprint density at radius 1 is 0.318 bits per heavy atom. The molecule has 0 radical (unpaired) electrons. The lowest BCUT2D eigenvalue weighted by atomic mass is 9.91. The summed E-state index contributed by atoms with van der Waals surface area (Å²) >= 11 is 0. The first-order chi connectivity index (χ1) is 21.7. The van der Waals surface area contributed by atoms with Crippen molar-refractivity contribution < 1.29 is 0 Å². The van der Waals surface area contributed by atoms with Gasteiger partial charge >= 0.3 is 0 Å². The van der Waals surface area contributed by atoms with Crippen molar-refractivity contribution in [2.24, 2.45) is 0 Å². The molecule has 0 spiro atoms. The monoisotopic (exact) mass is 561 g/mol. The van der Waals surface area contributed by atoms with Crippen LogP contribution in [0.25, 0.3) is 54.6 Å². The Bertz CT molecular complexity index is 2250. The van der Waals surface area contributed by atoms with Gasteiger partial charge in [0, 0.05) is 17.1 Å². The Labute approximate surface area is 258 Å². The summed E-state index contributed by atoms with van der Waals surface area (Å²) in [5.74, 6) is 0. The molecule has 0 saturated carbocycles. The van der Waals surface area contributed by atoms with Crippen molar-refractivity contribution in [1.29, 1.82) is 0 Å². The summed E-state index contributed by atoms with van der Waals surface area (Å²) in [5, 5.41) is 7.64. The summed E-state index contributed by atoms with van der Waals surface area (Å²) in [6, 6.07) is 61.5. The summed E-state index contributed by atoms with van der Waals surface area (Å²) < 4.78 is 0. The number of fused-ring (bicyclic) bond motifs is 6. The summed E-state index contributed by atoms with van der Waals surface area (Å²) in [7, 11) is 0. The molecule has 0 fully saturated rings. The second kappa shape index (κ2) is 10.9. The molecule has 44 heavy (non-hydrogen) atoms. The lowest BCUT2D eigenvalue weighted by molar-refractivity contribution is 1.25. The molecule has 0 saturated heterocycles. The van der Waals surface area contributed by atoms with Crippen molar-refractivity contribution in [2.75, 3.05) is 4.90 Å². The van der Waals surface area contributed by atoms with E-state index in [1.165, 1.54) is 65.8 Å². The average molecular weight is 562 g/mol. The molecule has 0 bridgehead atoms.